The maximum atomic E-state index is 4.65. The van der Waals surface area contributed by atoms with Crippen LogP contribution in [0.3, 0.4) is 0 Å². The molecule has 116 valence electrons. The molecular weight excluding hydrogens is 278 g/mol. The molecule has 1 aliphatic heterocycles. The normalized spacial score (nSPS) is 15.0. The van der Waals surface area contributed by atoms with Crippen molar-refractivity contribution in [2.75, 3.05) is 55.0 Å². The Morgan fingerprint density at radius 3 is 2.09 bits per heavy atom. The van der Waals surface area contributed by atoms with Gasteiger partial charge in [-0.2, -0.15) is 4.98 Å². The molecule has 0 amide bonds. The monoisotopic (exact) mass is 299 g/mol. The van der Waals surface area contributed by atoms with E-state index in [4.69, 9.17) is 0 Å². The molecule has 3 rings (SSSR count). The molecule has 7 nitrogen and oxygen atoms in total. The minimum absolute atomic E-state index is 0.793. The van der Waals surface area contributed by atoms with Crippen LogP contribution in [0.25, 0.3) is 0 Å². The van der Waals surface area contributed by atoms with Gasteiger partial charge >= 0.3 is 0 Å². The highest BCUT2D eigenvalue weighted by molar-refractivity contribution is 5.46. The second kappa shape index (κ2) is 6.13. The maximum absolute atomic E-state index is 4.65. The second-order valence-electron chi connectivity index (χ2n) is 5.58. The molecule has 2 aromatic rings. The number of nitrogens with zero attached hydrogens (tertiary/aromatic N) is 7. The predicted octanol–water partition coefficient (Wildman–Crippen LogP) is 0.968. The molecule has 22 heavy (non-hydrogen) atoms. The van der Waals surface area contributed by atoms with E-state index >= 15 is 0 Å². The highest BCUT2D eigenvalue weighted by Gasteiger charge is 2.21. The second-order valence-corrected chi connectivity index (χ2v) is 5.58. The van der Waals surface area contributed by atoms with Gasteiger partial charge in [0, 0.05) is 64.4 Å². The third-order valence-electron chi connectivity index (χ3n) is 3.68. The summed E-state index contributed by atoms with van der Waals surface area (Å²) < 4.78 is 0. The van der Waals surface area contributed by atoms with Gasteiger partial charge in [-0.25, -0.2) is 15.0 Å². The molecule has 0 bridgehead atoms. The Kier molecular flexibility index (Phi) is 4.04. The number of rotatable bonds is 3. The average molecular weight is 299 g/mol. The van der Waals surface area contributed by atoms with Crippen LogP contribution in [0.2, 0.25) is 0 Å². The summed E-state index contributed by atoms with van der Waals surface area (Å²) in [5, 5.41) is 0. The van der Waals surface area contributed by atoms with Gasteiger partial charge in [-0.3, -0.25) is 0 Å². The Bertz CT molecular complexity index is 621. The van der Waals surface area contributed by atoms with Crippen LogP contribution in [-0.2, 0) is 0 Å². The Labute approximate surface area is 130 Å². The largest absolute Gasteiger partial charge is 0.363 e. The molecule has 0 aliphatic carbocycles. The SMILES string of the molecule is Cc1cc(N(C)C)nc(N2CCN(c3ncccn3)CC2)n1. The lowest BCUT2D eigenvalue weighted by atomic mass is 10.3. The molecule has 0 radical (unpaired) electrons. The molecule has 7 heteroatoms. The summed E-state index contributed by atoms with van der Waals surface area (Å²) in [6.45, 7) is 5.49. The molecule has 0 unspecified atom stereocenters. The van der Waals surface area contributed by atoms with E-state index < -0.39 is 0 Å². The highest BCUT2D eigenvalue weighted by Crippen LogP contribution is 2.18. The van der Waals surface area contributed by atoms with Gasteiger partial charge < -0.3 is 14.7 Å². The van der Waals surface area contributed by atoms with E-state index in [0.29, 0.717) is 0 Å². The third kappa shape index (κ3) is 3.08. The fraction of sp³-hybridized carbons (Fsp3) is 0.467. The van der Waals surface area contributed by atoms with Gasteiger partial charge in [-0.1, -0.05) is 0 Å². The van der Waals surface area contributed by atoms with E-state index in [0.717, 1.165) is 49.6 Å². The number of aryl methyl sites for hydroxylation is 1. The zero-order chi connectivity index (χ0) is 15.5. The highest BCUT2D eigenvalue weighted by atomic mass is 15.4. The summed E-state index contributed by atoms with van der Waals surface area (Å²) in [5.74, 6) is 2.54. The maximum Gasteiger partial charge on any atom is 0.227 e. The lowest BCUT2D eigenvalue weighted by molar-refractivity contribution is 0.627. The van der Waals surface area contributed by atoms with Crippen molar-refractivity contribution in [3.63, 3.8) is 0 Å². The van der Waals surface area contributed by atoms with Crippen molar-refractivity contribution in [2.45, 2.75) is 6.92 Å². The van der Waals surface area contributed by atoms with Crippen molar-refractivity contribution in [3.05, 3.63) is 30.2 Å². The molecule has 0 spiro atoms. The van der Waals surface area contributed by atoms with E-state index in [2.05, 4.69) is 29.7 Å². The van der Waals surface area contributed by atoms with Gasteiger partial charge in [0.1, 0.15) is 5.82 Å². The summed E-state index contributed by atoms with van der Waals surface area (Å²) in [4.78, 5) is 24.3. The Balaban J connectivity index is 1.71. The Morgan fingerprint density at radius 1 is 0.909 bits per heavy atom. The first-order valence-electron chi connectivity index (χ1n) is 7.43. The molecule has 1 fully saturated rings. The van der Waals surface area contributed by atoms with Crippen molar-refractivity contribution >= 4 is 17.7 Å². The summed E-state index contributed by atoms with van der Waals surface area (Å²) in [5.41, 5.74) is 0.988. The number of hydrogen-bond acceptors (Lipinski definition) is 7. The van der Waals surface area contributed by atoms with Gasteiger partial charge in [0.2, 0.25) is 11.9 Å². The summed E-state index contributed by atoms with van der Waals surface area (Å²) in [7, 11) is 3.99. The van der Waals surface area contributed by atoms with E-state index in [1.165, 1.54) is 0 Å². The number of aromatic nitrogens is 4. The molecule has 0 saturated carbocycles. The average Bonchev–Trinajstić information content (AvgIpc) is 2.55. The van der Waals surface area contributed by atoms with Crippen LogP contribution in [0.1, 0.15) is 5.69 Å². The first kappa shape index (κ1) is 14.5. The van der Waals surface area contributed by atoms with Crippen molar-refractivity contribution < 1.29 is 0 Å². The Morgan fingerprint density at radius 2 is 1.50 bits per heavy atom. The molecule has 0 N–H and O–H groups in total. The van der Waals surface area contributed by atoms with Crippen LogP contribution in [0.4, 0.5) is 17.7 Å². The quantitative estimate of drug-likeness (QED) is 0.836. The lowest BCUT2D eigenvalue weighted by Crippen LogP contribution is -2.47. The topological polar surface area (TPSA) is 61.3 Å². The molecule has 1 saturated heterocycles. The third-order valence-corrected chi connectivity index (χ3v) is 3.68. The first-order chi connectivity index (χ1) is 10.6. The molecule has 0 aromatic carbocycles. The smallest absolute Gasteiger partial charge is 0.227 e. The molecule has 1 aliphatic rings. The summed E-state index contributed by atoms with van der Waals surface area (Å²) in [6, 6.07) is 3.83. The van der Waals surface area contributed by atoms with Gasteiger partial charge in [0.05, 0.1) is 0 Å². The van der Waals surface area contributed by atoms with Crippen LogP contribution in [0.15, 0.2) is 24.5 Å². The van der Waals surface area contributed by atoms with Gasteiger partial charge in [0.25, 0.3) is 0 Å². The van der Waals surface area contributed by atoms with Gasteiger partial charge in [-0.05, 0) is 13.0 Å². The summed E-state index contributed by atoms with van der Waals surface area (Å²) in [6.07, 6.45) is 3.56. The van der Waals surface area contributed by atoms with E-state index in [1.807, 2.05) is 38.1 Å². The molecular formula is C15H21N7. The lowest BCUT2D eigenvalue weighted by Gasteiger charge is -2.35. The fourth-order valence-electron chi connectivity index (χ4n) is 2.47. The van der Waals surface area contributed by atoms with Crippen molar-refractivity contribution in [2.24, 2.45) is 0 Å². The van der Waals surface area contributed by atoms with Crippen molar-refractivity contribution in [1.82, 2.24) is 19.9 Å². The number of hydrogen-bond donors (Lipinski definition) is 0. The van der Waals surface area contributed by atoms with E-state index in [1.54, 1.807) is 12.4 Å². The fourth-order valence-corrected chi connectivity index (χ4v) is 2.47. The number of anilines is 3. The molecule has 2 aromatic heterocycles. The van der Waals surface area contributed by atoms with Crippen molar-refractivity contribution in [1.29, 1.82) is 0 Å². The molecule has 0 atom stereocenters. The number of piperazine rings is 1. The zero-order valence-electron chi connectivity index (χ0n) is 13.3. The minimum atomic E-state index is 0.793. The van der Waals surface area contributed by atoms with Crippen LogP contribution in [-0.4, -0.2) is 60.2 Å². The molecule has 3 heterocycles. The van der Waals surface area contributed by atoms with Crippen LogP contribution in [0.5, 0.6) is 0 Å². The van der Waals surface area contributed by atoms with Gasteiger partial charge in [0.15, 0.2) is 0 Å². The van der Waals surface area contributed by atoms with E-state index in [-0.39, 0.29) is 0 Å². The predicted molar refractivity (Wildman–Crippen MR) is 87.6 cm³/mol. The van der Waals surface area contributed by atoms with Crippen LogP contribution < -0.4 is 14.7 Å². The van der Waals surface area contributed by atoms with Gasteiger partial charge in [-0.15, -0.1) is 0 Å². The van der Waals surface area contributed by atoms with Crippen molar-refractivity contribution in [3.8, 4) is 0 Å². The Hall–Kier alpha value is -2.44. The zero-order valence-corrected chi connectivity index (χ0v) is 13.3. The summed E-state index contributed by atoms with van der Waals surface area (Å²) >= 11 is 0. The van der Waals surface area contributed by atoms with E-state index in [9.17, 15) is 0 Å². The minimum Gasteiger partial charge on any atom is -0.363 e. The standard InChI is InChI=1S/C15H21N7/c1-12-11-13(20(2)3)19-15(18-12)22-9-7-21(8-10-22)14-16-5-4-6-17-14/h4-6,11H,7-10H2,1-3H3. The van der Waals surface area contributed by atoms with Crippen LogP contribution in [0, 0.1) is 6.92 Å². The first-order valence-corrected chi connectivity index (χ1v) is 7.43. The van der Waals surface area contributed by atoms with Crippen LogP contribution >= 0.6 is 0 Å².